The minimum atomic E-state index is -1.01. The van der Waals surface area contributed by atoms with Crippen molar-refractivity contribution in [1.29, 1.82) is 0 Å². The van der Waals surface area contributed by atoms with E-state index in [1.165, 1.54) is 23.5 Å². The van der Waals surface area contributed by atoms with Crippen LogP contribution in [0.3, 0.4) is 0 Å². The lowest BCUT2D eigenvalue weighted by atomic mass is 9.89. The third kappa shape index (κ3) is 6.86. The Kier molecular flexibility index (Phi) is 8.93. The van der Waals surface area contributed by atoms with Gasteiger partial charge in [0.1, 0.15) is 12.6 Å². The van der Waals surface area contributed by atoms with E-state index >= 15 is 0 Å². The minimum Gasteiger partial charge on any atom is -0.444 e. The maximum absolute atomic E-state index is 13.8. The molecule has 0 aromatic heterocycles. The number of likely N-dealkylation sites (tertiary alicyclic amines) is 1. The number of amides is 3. The summed E-state index contributed by atoms with van der Waals surface area (Å²) >= 11 is 0. The zero-order valence-electron chi connectivity index (χ0n) is 21.7. The van der Waals surface area contributed by atoms with Crippen LogP contribution in [0.2, 0.25) is 0 Å². The van der Waals surface area contributed by atoms with Gasteiger partial charge in [-0.1, -0.05) is 18.2 Å². The molecule has 0 radical (unpaired) electrons. The molecule has 38 heavy (non-hydrogen) atoms. The van der Waals surface area contributed by atoms with E-state index in [9.17, 15) is 23.2 Å². The van der Waals surface area contributed by atoms with Crippen LogP contribution in [0, 0.1) is 11.6 Å². The van der Waals surface area contributed by atoms with E-state index < -0.39 is 29.9 Å². The van der Waals surface area contributed by atoms with Crippen molar-refractivity contribution in [1.82, 2.24) is 15.1 Å². The summed E-state index contributed by atoms with van der Waals surface area (Å²) < 4.78 is 32.4. The number of hydrogen-bond acceptors (Lipinski definition) is 5. The summed E-state index contributed by atoms with van der Waals surface area (Å²) in [6.07, 6.45) is 1.55. The number of ether oxygens (including phenoxy) is 1. The molecule has 2 fully saturated rings. The quantitative estimate of drug-likeness (QED) is 0.477. The lowest BCUT2D eigenvalue weighted by Gasteiger charge is -2.32. The number of hydrogen-bond donors (Lipinski definition) is 2. The lowest BCUT2D eigenvalue weighted by molar-refractivity contribution is -0.122. The van der Waals surface area contributed by atoms with Crippen molar-refractivity contribution in [3.63, 3.8) is 0 Å². The number of nitrogens with one attached hydrogen (secondary N) is 2. The first-order valence-electron chi connectivity index (χ1n) is 13.0. The Morgan fingerprint density at radius 3 is 2.53 bits per heavy atom. The van der Waals surface area contributed by atoms with Gasteiger partial charge in [-0.15, -0.1) is 0 Å². The van der Waals surface area contributed by atoms with Gasteiger partial charge in [0, 0.05) is 19.2 Å². The Hall–Kier alpha value is -3.53. The molecule has 0 aliphatic carbocycles. The summed E-state index contributed by atoms with van der Waals surface area (Å²) in [5.41, 5.74) is 2.43. The molecule has 2 aliphatic rings. The first-order chi connectivity index (χ1) is 18.2. The Morgan fingerprint density at radius 1 is 1.05 bits per heavy atom. The first-order valence-corrected chi connectivity index (χ1v) is 13.0. The molecule has 4 rings (SSSR count). The third-order valence-electron chi connectivity index (χ3n) is 7.14. The normalized spacial score (nSPS) is 20.3. The topological polar surface area (TPSA) is 91.0 Å². The standard InChI is InChI=1S/C28H34F2N4O4/c1-18-27(22-7-8-24(29)25(30)16-22)34(28(37)38-18)17-26(36)31-11-4-12-33-13-9-20(10-14-33)21-5-3-6-23(15-21)32-19(2)35/h3,5-8,15-16,18,20,27H,4,9-14,17H2,1-2H3,(H,31,36)(H,32,35)/t18-,27-/m1/s1. The molecule has 2 aromatic rings. The molecule has 204 valence electrons. The Balaban J connectivity index is 1.19. The van der Waals surface area contributed by atoms with Crippen LogP contribution in [0.15, 0.2) is 42.5 Å². The smallest absolute Gasteiger partial charge is 0.411 e. The molecule has 2 aromatic carbocycles. The molecule has 0 saturated carbocycles. The van der Waals surface area contributed by atoms with E-state index in [2.05, 4.69) is 21.6 Å². The fourth-order valence-corrected chi connectivity index (χ4v) is 5.27. The third-order valence-corrected chi connectivity index (χ3v) is 7.14. The molecule has 2 N–H and O–H groups in total. The van der Waals surface area contributed by atoms with E-state index in [1.54, 1.807) is 6.92 Å². The summed E-state index contributed by atoms with van der Waals surface area (Å²) in [7, 11) is 0. The number of halogens is 2. The maximum atomic E-state index is 13.8. The minimum absolute atomic E-state index is 0.0814. The molecule has 10 heteroatoms. The van der Waals surface area contributed by atoms with Crippen LogP contribution < -0.4 is 10.6 Å². The average molecular weight is 529 g/mol. The van der Waals surface area contributed by atoms with Gasteiger partial charge in [0.2, 0.25) is 11.8 Å². The Labute approximate surface area is 221 Å². The van der Waals surface area contributed by atoms with E-state index in [0.29, 0.717) is 18.0 Å². The van der Waals surface area contributed by atoms with Gasteiger partial charge in [-0.25, -0.2) is 13.6 Å². The van der Waals surface area contributed by atoms with Crippen molar-refractivity contribution in [2.45, 2.75) is 51.2 Å². The van der Waals surface area contributed by atoms with Crippen LogP contribution in [0.5, 0.6) is 0 Å². The van der Waals surface area contributed by atoms with Crippen LogP contribution in [0.1, 0.15) is 56.2 Å². The number of carbonyl (C=O) groups is 3. The predicted molar refractivity (Wildman–Crippen MR) is 139 cm³/mol. The fourth-order valence-electron chi connectivity index (χ4n) is 5.27. The first kappa shape index (κ1) is 27.5. The van der Waals surface area contributed by atoms with Crippen molar-refractivity contribution in [2.24, 2.45) is 0 Å². The summed E-state index contributed by atoms with van der Waals surface area (Å²) in [6.45, 7) is 6.15. The molecular formula is C28H34F2N4O4. The number of anilines is 1. The molecule has 2 atom stereocenters. The highest BCUT2D eigenvalue weighted by molar-refractivity contribution is 5.88. The number of rotatable bonds is 9. The van der Waals surface area contributed by atoms with Gasteiger partial charge in [-0.3, -0.25) is 14.5 Å². The van der Waals surface area contributed by atoms with Crippen molar-refractivity contribution < 1.29 is 27.9 Å². The van der Waals surface area contributed by atoms with Gasteiger partial charge in [0.05, 0.1) is 6.04 Å². The van der Waals surface area contributed by atoms with Gasteiger partial charge in [0.25, 0.3) is 0 Å². The number of carbonyl (C=O) groups excluding carboxylic acids is 3. The summed E-state index contributed by atoms with van der Waals surface area (Å²) in [4.78, 5) is 39.8. The van der Waals surface area contributed by atoms with E-state index in [4.69, 9.17) is 4.74 Å². The zero-order valence-corrected chi connectivity index (χ0v) is 21.7. The van der Waals surface area contributed by atoms with Crippen LogP contribution in [-0.2, 0) is 14.3 Å². The summed E-state index contributed by atoms with van der Waals surface area (Å²) in [5.74, 6) is -1.95. The van der Waals surface area contributed by atoms with E-state index in [0.717, 1.165) is 56.7 Å². The van der Waals surface area contributed by atoms with Crippen LogP contribution in [0.4, 0.5) is 19.3 Å². The van der Waals surface area contributed by atoms with Gasteiger partial charge in [0.15, 0.2) is 11.6 Å². The number of nitrogens with zero attached hydrogens (tertiary/aromatic N) is 2. The average Bonchev–Trinajstić information content (AvgIpc) is 3.16. The second-order valence-electron chi connectivity index (χ2n) is 9.96. The van der Waals surface area contributed by atoms with Gasteiger partial charge in [-0.2, -0.15) is 0 Å². The largest absolute Gasteiger partial charge is 0.444 e. The fraction of sp³-hybridized carbons (Fsp3) is 0.464. The molecule has 2 aliphatic heterocycles. The van der Waals surface area contributed by atoms with Crippen molar-refractivity contribution in [3.8, 4) is 0 Å². The van der Waals surface area contributed by atoms with Crippen LogP contribution >= 0.6 is 0 Å². The van der Waals surface area contributed by atoms with Crippen molar-refractivity contribution >= 4 is 23.6 Å². The number of benzene rings is 2. The summed E-state index contributed by atoms with van der Waals surface area (Å²) in [5, 5.41) is 5.69. The highest BCUT2D eigenvalue weighted by atomic mass is 19.2. The second-order valence-corrected chi connectivity index (χ2v) is 9.96. The van der Waals surface area contributed by atoms with Gasteiger partial charge >= 0.3 is 6.09 Å². The summed E-state index contributed by atoms with van der Waals surface area (Å²) in [6, 6.07) is 10.8. The monoisotopic (exact) mass is 528 g/mol. The molecule has 2 heterocycles. The van der Waals surface area contributed by atoms with E-state index in [1.807, 2.05) is 18.2 Å². The molecule has 0 unspecified atom stereocenters. The maximum Gasteiger partial charge on any atom is 0.411 e. The SMILES string of the molecule is CC(=O)Nc1cccc(C2CCN(CCCNC(=O)CN3C(=O)O[C@H](C)[C@@H]3c3ccc(F)c(F)c3)CC2)c1. The Bertz CT molecular complexity index is 1170. The molecule has 2 saturated heterocycles. The molecule has 3 amide bonds. The predicted octanol–water partition coefficient (Wildman–Crippen LogP) is 4.19. The van der Waals surface area contributed by atoms with Crippen LogP contribution in [0.25, 0.3) is 0 Å². The molecule has 8 nitrogen and oxygen atoms in total. The second kappa shape index (κ2) is 12.3. The van der Waals surface area contributed by atoms with Crippen molar-refractivity contribution in [2.75, 3.05) is 38.0 Å². The molecule has 0 spiro atoms. The molecule has 0 bridgehead atoms. The van der Waals surface area contributed by atoms with Crippen LogP contribution in [-0.4, -0.2) is 66.5 Å². The Morgan fingerprint density at radius 2 is 1.82 bits per heavy atom. The molecular weight excluding hydrogens is 494 g/mol. The highest BCUT2D eigenvalue weighted by Gasteiger charge is 2.41. The number of piperidine rings is 1. The lowest BCUT2D eigenvalue weighted by Crippen LogP contribution is -2.40. The highest BCUT2D eigenvalue weighted by Crippen LogP contribution is 2.33. The van der Waals surface area contributed by atoms with E-state index in [-0.39, 0.29) is 18.4 Å². The van der Waals surface area contributed by atoms with Crippen molar-refractivity contribution in [3.05, 3.63) is 65.2 Å². The zero-order chi connectivity index (χ0) is 27.2. The van der Waals surface area contributed by atoms with Gasteiger partial charge < -0.3 is 20.3 Å². The van der Waals surface area contributed by atoms with Gasteiger partial charge in [-0.05, 0) is 87.1 Å². The number of cyclic esters (lactones) is 1.